The molecule has 0 saturated carbocycles. The minimum absolute atomic E-state index is 0.557. The summed E-state index contributed by atoms with van der Waals surface area (Å²) in [5, 5.41) is 1.46. The Morgan fingerprint density at radius 2 is 1.82 bits per heavy atom. The van der Waals surface area contributed by atoms with Gasteiger partial charge in [-0.2, -0.15) is 0 Å². The third kappa shape index (κ3) is 2.61. The van der Waals surface area contributed by atoms with E-state index in [0.717, 1.165) is 16.6 Å². The summed E-state index contributed by atoms with van der Waals surface area (Å²) in [6, 6.07) is 15.9. The van der Waals surface area contributed by atoms with Crippen LogP contribution in [0.1, 0.15) is 5.69 Å². The first kappa shape index (κ1) is 14.4. The van der Waals surface area contributed by atoms with Gasteiger partial charge >= 0.3 is 6.03 Å². The highest BCUT2D eigenvalue weighted by molar-refractivity contribution is 6.30. The predicted octanol–water partition coefficient (Wildman–Crippen LogP) is 4.41. The molecule has 1 aromatic heterocycles. The minimum Gasteiger partial charge on any atom is -0.351 e. The van der Waals surface area contributed by atoms with E-state index >= 15 is 0 Å². The van der Waals surface area contributed by atoms with Crippen LogP contribution in [0.5, 0.6) is 0 Å². The Labute approximate surface area is 133 Å². The number of anilines is 2. The van der Waals surface area contributed by atoms with Crippen LogP contribution >= 0.6 is 11.6 Å². The lowest BCUT2D eigenvalue weighted by molar-refractivity contribution is 0.256. The number of carbonyl (C=O) groups is 1. The second-order valence-electron chi connectivity index (χ2n) is 4.95. The van der Waals surface area contributed by atoms with Crippen molar-refractivity contribution < 1.29 is 4.79 Å². The minimum atomic E-state index is -0.557. The van der Waals surface area contributed by atoms with Crippen LogP contribution in [0.15, 0.2) is 54.6 Å². The van der Waals surface area contributed by atoms with E-state index in [9.17, 15) is 4.79 Å². The summed E-state index contributed by atoms with van der Waals surface area (Å²) >= 11 is 5.92. The average molecular weight is 312 g/mol. The number of hydrogen-bond donors (Lipinski definition) is 1. The van der Waals surface area contributed by atoms with Crippen molar-refractivity contribution in [2.75, 3.05) is 4.90 Å². The van der Waals surface area contributed by atoms with Crippen LogP contribution in [-0.4, -0.2) is 11.0 Å². The molecule has 0 saturated heterocycles. The molecular weight excluding hydrogens is 298 g/mol. The first-order valence-corrected chi connectivity index (χ1v) is 7.15. The molecule has 0 aliphatic rings. The van der Waals surface area contributed by atoms with Crippen LogP contribution in [0.3, 0.4) is 0 Å². The standard InChI is InChI=1S/C17H14ClN3O/c1-11-10-16(14-4-2-3-5-15(14)20-11)21(17(19)22)13-8-6-12(18)7-9-13/h2-10H,1H3,(H2,19,22). The van der Waals surface area contributed by atoms with Gasteiger partial charge in [-0.05, 0) is 43.3 Å². The molecule has 3 rings (SSSR count). The maximum atomic E-state index is 12.0. The van der Waals surface area contributed by atoms with Crippen molar-refractivity contribution in [2.24, 2.45) is 5.73 Å². The molecule has 0 atom stereocenters. The average Bonchev–Trinajstić information content (AvgIpc) is 2.49. The molecule has 2 N–H and O–H groups in total. The van der Waals surface area contributed by atoms with Crippen molar-refractivity contribution in [3.8, 4) is 0 Å². The lowest BCUT2D eigenvalue weighted by Crippen LogP contribution is -2.31. The molecule has 22 heavy (non-hydrogen) atoms. The van der Waals surface area contributed by atoms with Gasteiger partial charge in [0.15, 0.2) is 0 Å². The normalized spacial score (nSPS) is 10.6. The van der Waals surface area contributed by atoms with Crippen molar-refractivity contribution in [1.82, 2.24) is 4.98 Å². The number of para-hydroxylation sites is 1. The molecule has 4 nitrogen and oxygen atoms in total. The van der Waals surface area contributed by atoms with Gasteiger partial charge in [0.05, 0.1) is 16.9 Å². The number of primary amides is 1. The summed E-state index contributed by atoms with van der Waals surface area (Å²) in [4.78, 5) is 18.0. The number of amides is 2. The lowest BCUT2D eigenvalue weighted by atomic mass is 10.1. The zero-order valence-corrected chi connectivity index (χ0v) is 12.7. The number of fused-ring (bicyclic) bond motifs is 1. The van der Waals surface area contributed by atoms with Crippen molar-refractivity contribution in [2.45, 2.75) is 6.92 Å². The monoisotopic (exact) mass is 311 g/mol. The Bertz CT molecular complexity index is 846. The van der Waals surface area contributed by atoms with E-state index in [2.05, 4.69) is 4.98 Å². The summed E-state index contributed by atoms with van der Waals surface area (Å²) < 4.78 is 0. The van der Waals surface area contributed by atoms with Gasteiger partial charge in [-0.3, -0.25) is 9.88 Å². The van der Waals surface area contributed by atoms with Crippen molar-refractivity contribution >= 4 is 39.9 Å². The smallest absolute Gasteiger partial charge is 0.323 e. The number of halogens is 1. The number of rotatable bonds is 2. The van der Waals surface area contributed by atoms with Gasteiger partial charge in [0.2, 0.25) is 0 Å². The van der Waals surface area contributed by atoms with Crippen LogP contribution < -0.4 is 10.6 Å². The molecule has 1 heterocycles. The third-order valence-electron chi connectivity index (χ3n) is 3.37. The lowest BCUT2D eigenvalue weighted by Gasteiger charge is -2.22. The van der Waals surface area contributed by atoms with Gasteiger partial charge in [-0.15, -0.1) is 0 Å². The van der Waals surface area contributed by atoms with Crippen molar-refractivity contribution in [3.63, 3.8) is 0 Å². The van der Waals surface area contributed by atoms with E-state index in [4.69, 9.17) is 17.3 Å². The van der Waals surface area contributed by atoms with E-state index in [1.54, 1.807) is 24.3 Å². The summed E-state index contributed by atoms with van der Waals surface area (Å²) in [5.74, 6) is 0. The first-order valence-electron chi connectivity index (χ1n) is 6.78. The second kappa shape index (κ2) is 5.66. The molecule has 0 radical (unpaired) electrons. The number of nitrogens with two attached hydrogens (primary N) is 1. The summed E-state index contributed by atoms with van der Waals surface area (Å²) in [6.07, 6.45) is 0. The molecule has 0 unspecified atom stereocenters. The number of urea groups is 1. The Balaban J connectivity index is 2.25. The molecule has 0 aliphatic heterocycles. The Kier molecular flexibility index (Phi) is 3.69. The SMILES string of the molecule is Cc1cc(N(C(N)=O)c2ccc(Cl)cc2)c2ccccc2n1. The van der Waals surface area contributed by atoms with Crippen LogP contribution in [-0.2, 0) is 0 Å². The van der Waals surface area contributed by atoms with E-state index in [1.165, 1.54) is 4.90 Å². The molecule has 2 amide bonds. The molecule has 3 aromatic rings. The predicted molar refractivity (Wildman–Crippen MR) is 89.7 cm³/mol. The topological polar surface area (TPSA) is 59.2 Å². The number of nitrogens with zero attached hydrogens (tertiary/aromatic N) is 2. The molecule has 110 valence electrons. The van der Waals surface area contributed by atoms with Gasteiger partial charge in [-0.1, -0.05) is 29.8 Å². The van der Waals surface area contributed by atoms with Gasteiger partial charge < -0.3 is 5.73 Å². The van der Waals surface area contributed by atoms with E-state index in [0.29, 0.717) is 16.4 Å². The van der Waals surface area contributed by atoms with Gasteiger partial charge in [0, 0.05) is 16.1 Å². The van der Waals surface area contributed by atoms with E-state index in [1.807, 2.05) is 37.3 Å². The van der Waals surface area contributed by atoms with Gasteiger partial charge in [-0.25, -0.2) is 4.79 Å². The Morgan fingerprint density at radius 3 is 2.50 bits per heavy atom. The van der Waals surface area contributed by atoms with Crippen molar-refractivity contribution in [1.29, 1.82) is 0 Å². The number of carbonyl (C=O) groups excluding carboxylic acids is 1. The number of aromatic nitrogens is 1. The summed E-state index contributed by atoms with van der Waals surface area (Å²) in [6.45, 7) is 1.89. The zero-order chi connectivity index (χ0) is 15.7. The number of benzene rings is 2. The fourth-order valence-electron chi connectivity index (χ4n) is 2.45. The highest BCUT2D eigenvalue weighted by Gasteiger charge is 2.18. The maximum Gasteiger partial charge on any atom is 0.323 e. The number of hydrogen-bond acceptors (Lipinski definition) is 2. The second-order valence-corrected chi connectivity index (χ2v) is 5.39. The molecule has 2 aromatic carbocycles. The fraction of sp³-hybridized carbons (Fsp3) is 0.0588. The molecule has 5 heteroatoms. The van der Waals surface area contributed by atoms with Gasteiger partial charge in [0.1, 0.15) is 0 Å². The first-order chi connectivity index (χ1) is 10.6. The maximum absolute atomic E-state index is 12.0. The van der Waals surface area contributed by atoms with E-state index in [-0.39, 0.29) is 0 Å². The van der Waals surface area contributed by atoms with Crippen LogP contribution in [0.2, 0.25) is 5.02 Å². The van der Waals surface area contributed by atoms with Crippen LogP contribution in [0.25, 0.3) is 10.9 Å². The number of aryl methyl sites for hydroxylation is 1. The Morgan fingerprint density at radius 1 is 1.14 bits per heavy atom. The number of pyridine rings is 1. The zero-order valence-electron chi connectivity index (χ0n) is 12.0. The van der Waals surface area contributed by atoms with Gasteiger partial charge in [0.25, 0.3) is 0 Å². The highest BCUT2D eigenvalue weighted by Crippen LogP contribution is 2.32. The molecule has 0 fully saturated rings. The highest BCUT2D eigenvalue weighted by atomic mass is 35.5. The van der Waals surface area contributed by atoms with E-state index < -0.39 is 6.03 Å². The largest absolute Gasteiger partial charge is 0.351 e. The Hall–Kier alpha value is -2.59. The van der Waals surface area contributed by atoms with Crippen LogP contribution in [0.4, 0.5) is 16.2 Å². The van der Waals surface area contributed by atoms with Crippen LogP contribution in [0, 0.1) is 6.92 Å². The quantitative estimate of drug-likeness (QED) is 0.762. The molecular formula is C17H14ClN3O. The summed E-state index contributed by atoms with van der Waals surface area (Å²) in [5.41, 5.74) is 8.61. The van der Waals surface area contributed by atoms with Crippen molar-refractivity contribution in [3.05, 3.63) is 65.3 Å². The summed E-state index contributed by atoms with van der Waals surface area (Å²) in [7, 11) is 0. The molecule has 0 spiro atoms. The molecule has 0 bridgehead atoms. The molecule has 0 aliphatic carbocycles. The third-order valence-corrected chi connectivity index (χ3v) is 3.62. The fourth-order valence-corrected chi connectivity index (χ4v) is 2.57.